The van der Waals surface area contributed by atoms with Crippen LogP contribution in [0.4, 0.5) is 5.69 Å². The molecule has 14 heavy (non-hydrogen) atoms. The van der Waals surface area contributed by atoms with E-state index in [2.05, 4.69) is 26.3 Å². The lowest BCUT2D eigenvalue weighted by Gasteiger charge is -2.00. The number of nitrogens with zero attached hydrogens (tertiary/aromatic N) is 2. The second-order valence-corrected chi connectivity index (χ2v) is 3.89. The van der Waals surface area contributed by atoms with E-state index in [4.69, 9.17) is 0 Å². The highest BCUT2D eigenvalue weighted by atomic mass is 79.9. The third-order valence-electron chi connectivity index (χ3n) is 1.78. The summed E-state index contributed by atoms with van der Waals surface area (Å²) in [5.41, 5.74) is 0.761. The van der Waals surface area contributed by atoms with E-state index >= 15 is 0 Å². The zero-order chi connectivity index (χ0) is 10.4. The fraction of sp³-hybridized carbons (Fsp3) is 0.556. The number of aryl methyl sites for hydroxylation is 1. The summed E-state index contributed by atoms with van der Waals surface area (Å²) in [4.78, 5) is 11.3. The largest absolute Gasteiger partial charge is 0.323 e. The van der Waals surface area contributed by atoms with Gasteiger partial charge in [-0.15, -0.1) is 0 Å². The van der Waals surface area contributed by atoms with Crippen LogP contribution in [-0.2, 0) is 11.8 Å². The maximum atomic E-state index is 11.3. The van der Waals surface area contributed by atoms with Gasteiger partial charge in [0.25, 0.3) is 0 Å². The topological polar surface area (TPSA) is 46.9 Å². The van der Waals surface area contributed by atoms with Crippen molar-refractivity contribution in [3.05, 3.63) is 12.4 Å². The first kappa shape index (κ1) is 11.2. The van der Waals surface area contributed by atoms with Crippen molar-refractivity contribution >= 4 is 27.5 Å². The SMILES string of the molecule is Cn1cc(NC(=O)CCCCBr)cn1. The van der Waals surface area contributed by atoms with E-state index in [1.165, 1.54) is 0 Å². The molecule has 0 aliphatic heterocycles. The third-order valence-corrected chi connectivity index (χ3v) is 2.34. The molecule has 0 unspecified atom stereocenters. The number of rotatable bonds is 5. The van der Waals surface area contributed by atoms with Crippen molar-refractivity contribution in [2.24, 2.45) is 7.05 Å². The summed E-state index contributed by atoms with van der Waals surface area (Å²) in [7, 11) is 1.82. The summed E-state index contributed by atoms with van der Waals surface area (Å²) >= 11 is 3.32. The Labute approximate surface area is 91.8 Å². The van der Waals surface area contributed by atoms with Gasteiger partial charge in [-0.1, -0.05) is 15.9 Å². The monoisotopic (exact) mass is 259 g/mol. The van der Waals surface area contributed by atoms with E-state index in [9.17, 15) is 4.79 Å². The molecule has 0 saturated heterocycles. The predicted molar refractivity (Wildman–Crippen MR) is 59.5 cm³/mol. The lowest BCUT2D eigenvalue weighted by atomic mass is 10.2. The Morgan fingerprint density at radius 2 is 2.43 bits per heavy atom. The molecule has 0 saturated carbocycles. The van der Waals surface area contributed by atoms with Gasteiger partial charge in [-0.25, -0.2) is 0 Å². The number of carbonyl (C=O) groups is 1. The zero-order valence-electron chi connectivity index (χ0n) is 8.16. The van der Waals surface area contributed by atoms with E-state index < -0.39 is 0 Å². The van der Waals surface area contributed by atoms with Crippen molar-refractivity contribution in [3.63, 3.8) is 0 Å². The van der Waals surface area contributed by atoms with Crippen LogP contribution in [-0.4, -0.2) is 21.0 Å². The Kier molecular flexibility index (Phi) is 4.65. The van der Waals surface area contributed by atoms with Gasteiger partial charge < -0.3 is 5.32 Å². The molecule has 0 atom stereocenters. The van der Waals surface area contributed by atoms with Crippen molar-refractivity contribution in [1.29, 1.82) is 0 Å². The molecule has 1 amide bonds. The minimum atomic E-state index is 0.0546. The Hall–Kier alpha value is -0.840. The number of carbonyl (C=O) groups excluding carboxylic acids is 1. The third kappa shape index (κ3) is 3.91. The smallest absolute Gasteiger partial charge is 0.224 e. The first-order valence-electron chi connectivity index (χ1n) is 4.57. The van der Waals surface area contributed by atoms with Crippen LogP contribution in [0, 0.1) is 0 Å². The zero-order valence-corrected chi connectivity index (χ0v) is 9.75. The Bertz CT molecular complexity index is 298. The molecule has 0 aromatic carbocycles. The molecule has 0 spiro atoms. The van der Waals surface area contributed by atoms with Crippen LogP contribution >= 0.6 is 15.9 Å². The molecule has 0 bridgehead atoms. The predicted octanol–water partition coefficient (Wildman–Crippen LogP) is 1.92. The number of aromatic nitrogens is 2. The van der Waals surface area contributed by atoms with E-state index in [1.54, 1.807) is 17.1 Å². The van der Waals surface area contributed by atoms with Crippen molar-refractivity contribution < 1.29 is 4.79 Å². The lowest BCUT2D eigenvalue weighted by molar-refractivity contribution is -0.116. The summed E-state index contributed by atoms with van der Waals surface area (Å²) < 4.78 is 1.66. The number of alkyl halides is 1. The van der Waals surface area contributed by atoms with Gasteiger partial charge in [0.05, 0.1) is 11.9 Å². The average Bonchev–Trinajstić information content (AvgIpc) is 2.52. The summed E-state index contributed by atoms with van der Waals surface area (Å²) in [5, 5.41) is 7.70. The van der Waals surface area contributed by atoms with Crippen LogP contribution < -0.4 is 5.32 Å². The highest BCUT2D eigenvalue weighted by Gasteiger charge is 2.02. The molecule has 0 radical (unpaired) electrons. The molecular formula is C9H14BrN3O. The van der Waals surface area contributed by atoms with E-state index in [-0.39, 0.29) is 5.91 Å². The average molecular weight is 260 g/mol. The standard InChI is InChI=1S/C9H14BrN3O/c1-13-7-8(6-11-13)12-9(14)4-2-3-5-10/h6-7H,2-5H2,1H3,(H,12,14). The van der Waals surface area contributed by atoms with Crippen LogP contribution in [0.1, 0.15) is 19.3 Å². The van der Waals surface area contributed by atoms with E-state index in [0.29, 0.717) is 6.42 Å². The summed E-state index contributed by atoms with van der Waals surface area (Å²) in [6.45, 7) is 0. The molecule has 0 aliphatic carbocycles. The van der Waals surface area contributed by atoms with Crippen LogP contribution in [0.2, 0.25) is 0 Å². The van der Waals surface area contributed by atoms with Crippen LogP contribution in [0.5, 0.6) is 0 Å². The van der Waals surface area contributed by atoms with Crippen molar-refractivity contribution in [2.45, 2.75) is 19.3 Å². The fourth-order valence-electron chi connectivity index (χ4n) is 1.09. The number of nitrogens with one attached hydrogen (secondary N) is 1. The maximum absolute atomic E-state index is 11.3. The second-order valence-electron chi connectivity index (χ2n) is 3.10. The molecule has 1 N–H and O–H groups in total. The highest BCUT2D eigenvalue weighted by Crippen LogP contribution is 2.06. The minimum absolute atomic E-state index is 0.0546. The van der Waals surface area contributed by atoms with Crippen LogP contribution in [0.25, 0.3) is 0 Å². The number of hydrogen-bond donors (Lipinski definition) is 1. The summed E-state index contributed by atoms with van der Waals surface area (Å²) in [5.74, 6) is 0.0546. The van der Waals surface area contributed by atoms with Gasteiger partial charge in [0.15, 0.2) is 0 Å². The Morgan fingerprint density at radius 1 is 1.64 bits per heavy atom. The van der Waals surface area contributed by atoms with Gasteiger partial charge >= 0.3 is 0 Å². The number of anilines is 1. The molecule has 0 aliphatic rings. The maximum Gasteiger partial charge on any atom is 0.224 e. The van der Waals surface area contributed by atoms with Crippen LogP contribution in [0.15, 0.2) is 12.4 Å². The van der Waals surface area contributed by atoms with E-state index in [1.807, 2.05) is 7.05 Å². The van der Waals surface area contributed by atoms with Crippen molar-refractivity contribution in [2.75, 3.05) is 10.6 Å². The number of hydrogen-bond acceptors (Lipinski definition) is 2. The van der Waals surface area contributed by atoms with Crippen LogP contribution in [0.3, 0.4) is 0 Å². The Morgan fingerprint density at radius 3 is 3.00 bits per heavy atom. The molecule has 1 aromatic rings. The quantitative estimate of drug-likeness (QED) is 0.649. The molecule has 1 rings (SSSR count). The van der Waals surface area contributed by atoms with Crippen molar-refractivity contribution in [1.82, 2.24) is 9.78 Å². The molecule has 78 valence electrons. The summed E-state index contributed by atoms with van der Waals surface area (Å²) in [6.07, 6.45) is 5.93. The fourth-order valence-corrected chi connectivity index (χ4v) is 1.49. The molecule has 5 heteroatoms. The number of unbranched alkanes of at least 4 members (excludes halogenated alkanes) is 1. The van der Waals surface area contributed by atoms with Gasteiger partial charge in [-0.3, -0.25) is 9.48 Å². The lowest BCUT2D eigenvalue weighted by Crippen LogP contribution is -2.10. The molecule has 4 nitrogen and oxygen atoms in total. The molecule has 1 heterocycles. The Balaban J connectivity index is 2.27. The first-order chi connectivity index (χ1) is 6.72. The second kappa shape index (κ2) is 5.80. The van der Waals surface area contributed by atoms with Gasteiger partial charge in [-0.05, 0) is 12.8 Å². The number of amides is 1. The highest BCUT2D eigenvalue weighted by molar-refractivity contribution is 9.09. The van der Waals surface area contributed by atoms with E-state index in [0.717, 1.165) is 23.9 Å². The van der Waals surface area contributed by atoms with Gasteiger partial charge in [-0.2, -0.15) is 5.10 Å². The summed E-state index contributed by atoms with van der Waals surface area (Å²) in [6, 6.07) is 0. The van der Waals surface area contributed by atoms with Gasteiger partial charge in [0, 0.05) is 25.0 Å². The number of halogens is 1. The molecule has 0 fully saturated rings. The molecule has 1 aromatic heterocycles. The first-order valence-corrected chi connectivity index (χ1v) is 5.69. The minimum Gasteiger partial charge on any atom is -0.323 e. The normalized spacial score (nSPS) is 10.1. The van der Waals surface area contributed by atoms with Crippen molar-refractivity contribution in [3.8, 4) is 0 Å². The van der Waals surface area contributed by atoms with Gasteiger partial charge in [0.1, 0.15) is 0 Å². The van der Waals surface area contributed by atoms with Gasteiger partial charge in [0.2, 0.25) is 5.91 Å². The molecular weight excluding hydrogens is 246 g/mol.